The number of carbonyl (C=O) groups excluding carboxylic acids is 1. The molecule has 0 bridgehead atoms. The number of fused-ring (bicyclic) bond motifs is 1. The van der Waals surface area contributed by atoms with Crippen LogP contribution in [0.25, 0.3) is 11.0 Å². The first-order valence-corrected chi connectivity index (χ1v) is 8.34. The van der Waals surface area contributed by atoms with E-state index in [2.05, 4.69) is 35.6 Å². The van der Waals surface area contributed by atoms with Gasteiger partial charge in [-0.3, -0.25) is 10.1 Å². The lowest BCUT2D eigenvalue weighted by molar-refractivity contribution is 0.102. The Kier molecular flexibility index (Phi) is 4.25. The van der Waals surface area contributed by atoms with Gasteiger partial charge in [-0.15, -0.1) is 0 Å². The minimum absolute atomic E-state index is 0.162. The third-order valence-electron chi connectivity index (χ3n) is 4.08. The fourth-order valence-electron chi connectivity index (χ4n) is 2.89. The van der Waals surface area contributed by atoms with Gasteiger partial charge in [0.2, 0.25) is 5.95 Å². The summed E-state index contributed by atoms with van der Waals surface area (Å²) in [5, 5.41) is 2.98. The van der Waals surface area contributed by atoms with E-state index in [9.17, 15) is 4.79 Å². The van der Waals surface area contributed by atoms with Crippen molar-refractivity contribution in [3.63, 3.8) is 0 Å². The number of carbonyl (C=O) groups is 1. The van der Waals surface area contributed by atoms with E-state index in [-0.39, 0.29) is 11.4 Å². The van der Waals surface area contributed by atoms with Crippen LogP contribution in [0.15, 0.2) is 48.5 Å². The van der Waals surface area contributed by atoms with Gasteiger partial charge in [0.05, 0.1) is 11.0 Å². The van der Waals surface area contributed by atoms with Gasteiger partial charge in [0.15, 0.2) is 0 Å². The summed E-state index contributed by atoms with van der Waals surface area (Å²) in [5.74, 6) is 0.401. The van der Waals surface area contributed by atoms with Gasteiger partial charge in [-0.1, -0.05) is 18.2 Å². The minimum atomic E-state index is -0.204. The van der Waals surface area contributed by atoms with E-state index < -0.39 is 0 Å². The number of para-hydroxylation sites is 2. The zero-order valence-electron chi connectivity index (χ0n) is 15.4. The van der Waals surface area contributed by atoms with Crippen molar-refractivity contribution in [3.05, 3.63) is 54.1 Å². The van der Waals surface area contributed by atoms with Gasteiger partial charge in [-0.05, 0) is 51.1 Å². The van der Waals surface area contributed by atoms with Crippen molar-refractivity contribution in [2.45, 2.75) is 26.3 Å². The summed E-state index contributed by atoms with van der Waals surface area (Å²) in [4.78, 5) is 19.4. The first kappa shape index (κ1) is 17.0. The molecule has 0 atom stereocenters. The van der Waals surface area contributed by atoms with Crippen LogP contribution in [0, 0.1) is 0 Å². The van der Waals surface area contributed by atoms with Crippen LogP contribution in [-0.4, -0.2) is 29.6 Å². The van der Waals surface area contributed by atoms with E-state index >= 15 is 0 Å². The average molecular weight is 336 g/mol. The molecule has 0 spiro atoms. The molecule has 0 aliphatic rings. The van der Waals surface area contributed by atoms with Crippen molar-refractivity contribution in [3.8, 4) is 0 Å². The molecule has 5 heteroatoms. The second kappa shape index (κ2) is 6.24. The number of benzene rings is 2. The van der Waals surface area contributed by atoms with Gasteiger partial charge in [0.1, 0.15) is 0 Å². The lowest BCUT2D eigenvalue weighted by Crippen LogP contribution is -2.26. The Bertz CT molecular complexity index is 919. The second-order valence-electron chi connectivity index (χ2n) is 7.33. The van der Waals surface area contributed by atoms with Gasteiger partial charge in [-0.25, -0.2) is 4.98 Å². The molecule has 3 rings (SSSR count). The number of nitrogens with zero attached hydrogens (tertiary/aromatic N) is 3. The normalized spacial score (nSPS) is 11.6. The number of hydrogen-bond acceptors (Lipinski definition) is 3. The van der Waals surface area contributed by atoms with E-state index in [1.54, 1.807) is 0 Å². The van der Waals surface area contributed by atoms with E-state index in [1.165, 1.54) is 0 Å². The summed E-state index contributed by atoms with van der Waals surface area (Å²) in [6.07, 6.45) is 0. The summed E-state index contributed by atoms with van der Waals surface area (Å²) < 4.78 is 2.07. The highest BCUT2D eigenvalue weighted by Gasteiger charge is 2.22. The van der Waals surface area contributed by atoms with Crippen LogP contribution in [-0.2, 0) is 5.54 Å². The predicted octanol–water partition coefficient (Wildman–Crippen LogP) is 4.11. The van der Waals surface area contributed by atoms with Crippen molar-refractivity contribution in [1.82, 2.24) is 9.55 Å². The number of imidazole rings is 1. The van der Waals surface area contributed by atoms with Crippen molar-refractivity contribution in [1.29, 1.82) is 0 Å². The Morgan fingerprint density at radius 1 is 1.08 bits per heavy atom. The molecule has 0 saturated heterocycles. The Morgan fingerprint density at radius 2 is 1.80 bits per heavy atom. The third-order valence-corrected chi connectivity index (χ3v) is 4.08. The van der Waals surface area contributed by atoms with Gasteiger partial charge in [0.25, 0.3) is 5.91 Å². The fourth-order valence-corrected chi connectivity index (χ4v) is 2.89. The summed E-state index contributed by atoms with van der Waals surface area (Å²) in [5.41, 5.74) is 3.27. The molecule has 0 aliphatic heterocycles. The van der Waals surface area contributed by atoms with Crippen molar-refractivity contribution in [2.24, 2.45) is 0 Å². The van der Waals surface area contributed by atoms with E-state index in [4.69, 9.17) is 0 Å². The first-order chi connectivity index (χ1) is 11.8. The molecule has 0 unspecified atom stereocenters. The zero-order chi connectivity index (χ0) is 18.2. The average Bonchev–Trinajstić information content (AvgIpc) is 2.92. The molecule has 1 aromatic heterocycles. The van der Waals surface area contributed by atoms with Crippen LogP contribution >= 0.6 is 0 Å². The van der Waals surface area contributed by atoms with Crippen molar-refractivity contribution < 1.29 is 4.79 Å². The zero-order valence-corrected chi connectivity index (χ0v) is 15.4. The molecule has 130 valence electrons. The number of amides is 1. The number of anilines is 2. The molecule has 0 fully saturated rings. The topological polar surface area (TPSA) is 50.2 Å². The number of hydrogen-bond donors (Lipinski definition) is 1. The molecule has 1 heterocycles. The molecule has 5 nitrogen and oxygen atoms in total. The van der Waals surface area contributed by atoms with Crippen LogP contribution in [0.1, 0.15) is 31.1 Å². The van der Waals surface area contributed by atoms with E-state index in [1.807, 2.05) is 67.5 Å². The molecule has 0 aliphatic carbocycles. The summed E-state index contributed by atoms with van der Waals surface area (Å²) in [6.45, 7) is 6.30. The standard InChI is InChI=1S/C20H24N4O/c1-20(2,3)24-17-12-7-6-11-16(17)21-19(24)22-18(25)14-9-8-10-15(13-14)23(4)5/h6-13H,1-5H3,(H,21,22,25). The number of rotatable bonds is 3. The van der Waals surface area contributed by atoms with Crippen LogP contribution in [0.5, 0.6) is 0 Å². The molecular formula is C20H24N4O. The molecule has 1 amide bonds. The summed E-state index contributed by atoms with van der Waals surface area (Å²) in [6, 6.07) is 15.5. The maximum Gasteiger partial charge on any atom is 0.258 e. The second-order valence-corrected chi connectivity index (χ2v) is 7.33. The van der Waals surface area contributed by atoms with Gasteiger partial charge < -0.3 is 9.47 Å². The van der Waals surface area contributed by atoms with Crippen LogP contribution in [0.3, 0.4) is 0 Å². The van der Waals surface area contributed by atoms with E-state index in [0.29, 0.717) is 11.5 Å². The molecule has 2 aromatic carbocycles. The summed E-state index contributed by atoms with van der Waals surface area (Å²) in [7, 11) is 3.91. The lowest BCUT2D eigenvalue weighted by Gasteiger charge is -2.24. The number of nitrogens with one attached hydrogen (secondary N) is 1. The highest BCUT2D eigenvalue weighted by atomic mass is 16.1. The Hall–Kier alpha value is -2.82. The smallest absolute Gasteiger partial charge is 0.258 e. The Labute approximate surface area is 148 Å². The fraction of sp³-hybridized carbons (Fsp3) is 0.300. The monoisotopic (exact) mass is 336 g/mol. The third kappa shape index (κ3) is 3.36. The van der Waals surface area contributed by atoms with Crippen LogP contribution < -0.4 is 10.2 Å². The maximum atomic E-state index is 12.8. The molecule has 25 heavy (non-hydrogen) atoms. The highest BCUT2D eigenvalue weighted by molar-refractivity contribution is 6.04. The molecule has 0 saturated carbocycles. The minimum Gasteiger partial charge on any atom is -0.378 e. The van der Waals surface area contributed by atoms with Crippen LogP contribution in [0.4, 0.5) is 11.6 Å². The largest absolute Gasteiger partial charge is 0.378 e. The first-order valence-electron chi connectivity index (χ1n) is 8.34. The van der Waals surface area contributed by atoms with Gasteiger partial charge in [-0.2, -0.15) is 0 Å². The molecule has 3 aromatic rings. The van der Waals surface area contributed by atoms with Gasteiger partial charge >= 0.3 is 0 Å². The van der Waals surface area contributed by atoms with Crippen molar-refractivity contribution in [2.75, 3.05) is 24.3 Å². The Morgan fingerprint density at radius 3 is 2.48 bits per heavy atom. The molecular weight excluding hydrogens is 312 g/mol. The number of aromatic nitrogens is 2. The highest BCUT2D eigenvalue weighted by Crippen LogP contribution is 2.28. The lowest BCUT2D eigenvalue weighted by atomic mass is 10.1. The Balaban J connectivity index is 2.00. The van der Waals surface area contributed by atoms with Crippen molar-refractivity contribution >= 4 is 28.6 Å². The van der Waals surface area contributed by atoms with E-state index in [0.717, 1.165) is 16.7 Å². The summed E-state index contributed by atoms with van der Waals surface area (Å²) >= 11 is 0. The molecule has 1 N–H and O–H groups in total. The quantitative estimate of drug-likeness (QED) is 0.783. The van der Waals surface area contributed by atoms with Crippen LogP contribution in [0.2, 0.25) is 0 Å². The van der Waals surface area contributed by atoms with Gasteiger partial charge in [0, 0.05) is 30.9 Å². The molecule has 0 radical (unpaired) electrons. The predicted molar refractivity (Wildman–Crippen MR) is 103 cm³/mol. The SMILES string of the molecule is CN(C)c1cccc(C(=O)Nc2nc3ccccc3n2C(C)(C)C)c1. The maximum absolute atomic E-state index is 12.8.